The van der Waals surface area contributed by atoms with Crippen molar-refractivity contribution in [1.82, 2.24) is 5.32 Å². The van der Waals surface area contributed by atoms with E-state index >= 15 is 0 Å². The van der Waals surface area contributed by atoms with Gasteiger partial charge in [0, 0.05) is 5.02 Å². The third-order valence-corrected chi connectivity index (χ3v) is 2.81. The van der Waals surface area contributed by atoms with Crippen molar-refractivity contribution in [3.05, 3.63) is 29.3 Å². The molecule has 0 saturated heterocycles. The number of carbonyl (C=O) groups is 1. The van der Waals surface area contributed by atoms with Crippen LogP contribution in [0.2, 0.25) is 5.02 Å². The summed E-state index contributed by atoms with van der Waals surface area (Å²) in [5, 5.41) is 3.34. The highest BCUT2D eigenvalue weighted by Gasteiger charge is 2.17. The number of nitrogens with one attached hydrogen (secondary N) is 1. The molecule has 0 aliphatic heterocycles. The largest absolute Gasteiger partial charge is 0.481 e. The van der Waals surface area contributed by atoms with Crippen LogP contribution in [0.5, 0.6) is 5.75 Å². The molecule has 0 aliphatic rings. The van der Waals surface area contributed by atoms with Crippen LogP contribution in [0.4, 0.5) is 0 Å². The monoisotopic (exact) mass is 279 g/mol. The second-order valence-corrected chi connectivity index (χ2v) is 4.67. The van der Waals surface area contributed by atoms with Gasteiger partial charge in [-0.15, -0.1) is 6.42 Å². The normalized spacial score (nSPS) is 13.2. The maximum atomic E-state index is 11.9. The molecule has 102 valence electrons. The molecular formula is C15H18ClNO2. The number of rotatable bonds is 6. The molecule has 1 aromatic rings. The van der Waals surface area contributed by atoms with Gasteiger partial charge in [0.2, 0.25) is 0 Å². The van der Waals surface area contributed by atoms with Crippen molar-refractivity contribution in [2.45, 2.75) is 38.8 Å². The van der Waals surface area contributed by atoms with E-state index in [9.17, 15) is 4.79 Å². The summed E-state index contributed by atoms with van der Waals surface area (Å²) in [5.41, 5.74) is 0. The predicted octanol–water partition coefficient (Wildman–Crippen LogP) is 3.03. The molecule has 19 heavy (non-hydrogen) atoms. The van der Waals surface area contributed by atoms with Gasteiger partial charge in [-0.3, -0.25) is 4.79 Å². The number of ether oxygens (including phenoxy) is 1. The Labute approximate surface area is 119 Å². The SMILES string of the molecule is C#CC(CCC)NC(=O)C(C)Oc1cccc(Cl)c1. The predicted molar refractivity (Wildman–Crippen MR) is 77.2 cm³/mol. The van der Waals surface area contributed by atoms with E-state index in [1.807, 2.05) is 6.92 Å². The topological polar surface area (TPSA) is 38.3 Å². The van der Waals surface area contributed by atoms with Crippen molar-refractivity contribution in [1.29, 1.82) is 0 Å². The highest BCUT2D eigenvalue weighted by molar-refractivity contribution is 6.30. The fraction of sp³-hybridized carbons (Fsp3) is 0.400. The van der Waals surface area contributed by atoms with Gasteiger partial charge in [0.25, 0.3) is 5.91 Å². The maximum Gasteiger partial charge on any atom is 0.261 e. The Bertz CT molecular complexity index is 467. The number of hydrogen-bond acceptors (Lipinski definition) is 2. The fourth-order valence-electron chi connectivity index (χ4n) is 1.57. The Hall–Kier alpha value is -1.66. The standard InChI is InChI=1S/C15H18ClNO2/c1-4-7-13(5-2)17-15(18)11(3)19-14-9-6-8-12(16)10-14/h2,6,8-11,13H,4,7H2,1,3H3,(H,17,18). The van der Waals surface area contributed by atoms with E-state index in [2.05, 4.69) is 11.2 Å². The van der Waals surface area contributed by atoms with Gasteiger partial charge in [0.05, 0.1) is 6.04 Å². The smallest absolute Gasteiger partial charge is 0.261 e. The van der Waals surface area contributed by atoms with Gasteiger partial charge in [-0.1, -0.05) is 36.9 Å². The molecule has 1 rings (SSSR count). The Morgan fingerprint density at radius 2 is 2.32 bits per heavy atom. The third-order valence-electron chi connectivity index (χ3n) is 2.57. The maximum absolute atomic E-state index is 11.9. The molecule has 0 radical (unpaired) electrons. The zero-order valence-electron chi connectivity index (χ0n) is 11.2. The minimum atomic E-state index is -0.619. The summed E-state index contributed by atoms with van der Waals surface area (Å²) in [6, 6.07) is 6.68. The van der Waals surface area contributed by atoms with Gasteiger partial charge < -0.3 is 10.1 Å². The van der Waals surface area contributed by atoms with Gasteiger partial charge >= 0.3 is 0 Å². The quantitative estimate of drug-likeness (QED) is 0.813. The average Bonchev–Trinajstić information content (AvgIpc) is 2.38. The molecule has 2 unspecified atom stereocenters. The Morgan fingerprint density at radius 3 is 2.89 bits per heavy atom. The lowest BCUT2D eigenvalue weighted by molar-refractivity contribution is -0.127. The summed E-state index contributed by atoms with van der Waals surface area (Å²) in [5.74, 6) is 2.89. The summed E-state index contributed by atoms with van der Waals surface area (Å²) < 4.78 is 5.52. The van der Waals surface area contributed by atoms with E-state index in [0.29, 0.717) is 10.8 Å². The number of amides is 1. The van der Waals surface area contributed by atoms with Crippen LogP contribution in [0.1, 0.15) is 26.7 Å². The zero-order valence-corrected chi connectivity index (χ0v) is 11.9. The molecule has 1 N–H and O–H groups in total. The summed E-state index contributed by atoms with van der Waals surface area (Å²) in [6.45, 7) is 3.69. The van der Waals surface area contributed by atoms with Crippen molar-refractivity contribution in [3.8, 4) is 18.1 Å². The molecule has 1 amide bonds. The van der Waals surface area contributed by atoms with Gasteiger partial charge in [-0.25, -0.2) is 0 Å². The molecule has 2 atom stereocenters. The highest BCUT2D eigenvalue weighted by Crippen LogP contribution is 2.18. The van der Waals surface area contributed by atoms with Gasteiger partial charge in [-0.05, 0) is 31.5 Å². The van der Waals surface area contributed by atoms with Crippen LogP contribution in [0, 0.1) is 12.3 Å². The van der Waals surface area contributed by atoms with Gasteiger partial charge in [0.1, 0.15) is 5.75 Å². The first-order valence-electron chi connectivity index (χ1n) is 6.25. The van der Waals surface area contributed by atoms with E-state index in [1.165, 1.54) is 0 Å². The summed E-state index contributed by atoms with van der Waals surface area (Å²) in [7, 11) is 0. The van der Waals surface area contributed by atoms with Crippen LogP contribution >= 0.6 is 11.6 Å². The van der Waals surface area contributed by atoms with Crippen LogP contribution in [0.3, 0.4) is 0 Å². The lowest BCUT2D eigenvalue weighted by atomic mass is 10.1. The van der Waals surface area contributed by atoms with Gasteiger partial charge in [-0.2, -0.15) is 0 Å². The second kappa shape index (κ2) is 7.70. The van der Waals surface area contributed by atoms with Crippen LogP contribution in [0.25, 0.3) is 0 Å². The molecule has 0 aromatic heterocycles. The zero-order chi connectivity index (χ0) is 14.3. The lowest BCUT2D eigenvalue weighted by Gasteiger charge is -2.17. The minimum Gasteiger partial charge on any atom is -0.481 e. The summed E-state index contributed by atoms with van der Waals surface area (Å²) in [6.07, 6.45) is 6.41. The molecule has 1 aromatic carbocycles. The molecule has 0 bridgehead atoms. The molecule has 0 aliphatic carbocycles. The van der Waals surface area contributed by atoms with Crippen molar-refractivity contribution in [2.75, 3.05) is 0 Å². The number of hydrogen-bond donors (Lipinski definition) is 1. The second-order valence-electron chi connectivity index (χ2n) is 4.23. The van der Waals surface area contributed by atoms with Crippen molar-refractivity contribution < 1.29 is 9.53 Å². The van der Waals surface area contributed by atoms with Crippen molar-refractivity contribution in [2.24, 2.45) is 0 Å². The third kappa shape index (κ3) is 5.23. The van der Waals surface area contributed by atoms with Crippen LogP contribution in [-0.4, -0.2) is 18.1 Å². The Balaban J connectivity index is 2.55. The Kier molecular flexibility index (Phi) is 6.24. The van der Waals surface area contributed by atoms with E-state index in [4.69, 9.17) is 22.8 Å². The lowest BCUT2D eigenvalue weighted by Crippen LogP contribution is -2.41. The molecule has 3 nitrogen and oxygen atoms in total. The molecule has 0 spiro atoms. The Morgan fingerprint density at radius 1 is 1.58 bits per heavy atom. The summed E-state index contributed by atoms with van der Waals surface area (Å²) in [4.78, 5) is 11.9. The molecular weight excluding hydrogens is 262 g/mol. The van der Waals surface area contributed by atoms with Crippen molar-refractivity contribution in [3.63, 3.8) is 0 Å². The van der Waals surface area contributed by atoms with E-state index < -0.39 is 6.10 Å². The van der Waals surface area contributed by atoms with Gasteiger partial charge in [0.15, 0.2) is 6.10 Å². The molecule has 0 heterocycles. The van der Waals surface area contributed by atoms with Crippen LogP contribution < -0.4 is 10.1 Å². The first-order chi connectivity index (χ1) is 9.06. The van der Waals surface area contributed by atoms with E-state index in [0.717, 1.165) is 12.8 Å². The van der Waals surface area contributed by atoms with E-state index in [-0.39, 0.29) is 11.9 Å². The number of halogens is 1. The highest BCUT2D eigenvalue weighted by atomic mass is 35.5. The first-order valence-corrected chi connectivity index (χ1v) is 6.63. The number of carbonyl (C=O) groups excluding carboxylic acids is 1. The number of benzene rings is 1. The molecule has 0 saturated carbocycles. The summed E-state index contributed by atoms with van der Waals surface area (Å²) >= 11 is 5.85. The van der Waals surface area contributed by atoms with E-state index in [1.54, 1.807) is 31.2 Å². The fourth-order valence-corrected chi connectivity index (χ4v) is 1.75. The van der Waals surface area contributed by atoms with Crippen LogP contribution in [-0.2, 0) is 4.79 Å². The van der Waals surface area contributed by atoms with Crippen LogP contribution in [0.15, 0.2) is 24.3 Å². The average molecular weight is 280 g/mol. The minimum absolute atomic E-state index is 0.226. The first kappa shape index (κ1) is 15.4. The molecule has 4 heteroatoms. The number of terminal acetylenes is 1. The van der Waals surface area contributed by atoms with Crippen molar-refractivity contribution >= 4 is 17.5 Å². The molecule has 0 fully saturated rings.